The number of amides is 1. The molecular formula is C20H20ClFN4O. The predicted molar refractivity (Wildman–Crippen MR) is 104 cm³/mol. The van der Waals surface area contributed by atoms with Gasteiger partial charge >= 0.3 is 0 Å². The minimum Gasteiger partial charge on any atom is -0.338 e. The van der Waals surface area contributed by atoms with Gasteiger partial charge in [0.1, 0.15) is 11.6 Å². The Morgan fingerprint density at radius 1 is 1.22 bits per heavy atom. The van der Waals surface area contributed by atoms with Crippen LogP contribution in [0.4, 0.5) is 4.39 Å². The highest BCUT2D eigenvalue weighted by Gasteiger charge is 2.16. The number of aromatic nitrogens is 2. The number of aromatic amines is 1. The Morgan fingerprint density at radius 3 is 2.74 bits per heavy atom. The molecule has 1 amide bonds. The summed E-state index contributed by atoms with van der Waals surface area (Å²) in [6.45, 7) is 3.70. The molecule has 27 heavy (non-hydrogen) atoms. The SMILES string of the molecule is Cc1cc(C(=O)NN2CCCCC2)ccc1-c1nc2cc(Cl)c(F)cc2[nH]1. The van der Waals surface area contributed by atoms with Crippen LogP contribution >= 0.6 is 11.6 Å². The maximum atomic E-state index is 13.6. The number of H-pyrrole nitrogens is 1. The molecule has 0 radical (unpaired) electrons. The summed E-state index contributed by atoms with van der Waals surface area (Å²) >= 11 is 5.83. The molecule has 1 aromatic heterocycles. The van der Waals surface area contributed by atoms with E-state index in [4.69, 9.17) is 11.6 Å². The molecule has 0 bridgehead atoms. The fourth-order valence-electron chi connectivity index (χ4n) is 3.42. The lowest BCUT2D eigenvalue weighted by Gasteiger charge is -2.26. The lowest BCUT2D eigenvalue weighted by Crippen LogP contribution is -2.45. The molecule has 7 heteroatoms. The number of hydrazine groups is 1. The average molecular weight is 387 g/mol. The van der Waals surface area contributed by atoms with Gasteiger partial charge < -0.3 is 4.98 Å². The number of rotatable bonds is 3. The number of carbonyl (C=O) groups excluding carboxylic acids is 1. The van der Waals surface area contributed by atoms with E-state index in [1.54, 1.807) is 6.07 Å². The fraction of sp³-hybridized carbons (Fsp3) is 0.300. The van der Waals surface area contributed by atoms with E-state index in [1.807, 2.05) is 24.1 Å². The number of aryl methyl sites for hydroxylation is 1. The number of nitrogens with one attached hydrogen (secondary N) is 2. The van der Waals surface area contributed by atoms with Gasteiger partial charge in [0.15, 0.2) is 0 Å². The Kier molecular flexibility index (Phi) is 4.85. The molecule has 140 valence electrons. The second-order valence-electron chi connectivity index (χ2n) is 6.89. The summed E-state index contributed by atoms with van der Waals surface area (Å²) in [5, 5.41) is 2.02. The third-order valence-corrected chi connectivity index (χ3v) is 5.17. The molecule has 0 unspecified atom stereocenters. The van der Waals surface area contributed by atoms with Crippen LogP contribution in [0.2, 0.25) is 5.02 Å². The van der Waals surface area contributed by atoms with Crippen molar-refractivity contribution >= 4 is 28.5 Å². The molecule has 0 atom stereocenters. The van der Waals surface area contributed by atoms with E-state index >= 15 is 0 Å². The van der Waals surface area contributed by atoms with Crippen molar-refractivity contribution in [2.24, 2.45) is 0 Å². The van der Waals surface area contributed by atoms with Crippen molar-refractivity contribution in [1.82, 2.24) is 20.4 Å². The smallest absolute Gasteiger partial charge is 0.265 e. The first-order valence-corrected chi connectivity index (χ1v) is 9.41. The molecule has 1 fully saturated rings. The topological polar surface area (TPSA) is 61.0 Å². The summed E-state index contributed by atoms with van der Waals surface area (Å²) < 4.78 is 13.6. The third-order valence-electron chi connectivity index (χ3n) is 4.88. The van der Waals surface area contributed by atoms with E-state index in [2.05, 4.69) is 15.4 Å². The monoisotopic (exact) mass is 386 g/mol. The third kappa shape index (κ3) is 3.68. The van der Waals surface area contributed by atoms with Crippen LogP contribution in [0.25, 0.3) is 22.4 Å². The number of nitrogens with zero attached hydrogens (tertiary/aromatic N) is 2. The minimum atomic E-state index is -0.485. The van der Waals surface area contributed by atoms with Gasteiger partial charge in [0.25, 0.3) is 5.91 Å². The number of imidazole rings is 1. The van der Waals surface area contributed by atoms with Gasteiger partial charge in [0.05, 0.1) is 16.1 Å². The van der Waals surface area contributed by atoms with Crippen LogP contribution in [-0.2, 0) is 0 Å². The first kappa shape index (κ1) is 17.9. The van der Waals surface area contributed by atoms with Gasteiger partial charge in [-0.1, -0.05) is 24.1 Å². The molecule has 0 spiro atoms. The lowest BCUT2D eigenvalue weighted by molar-refractivity contribution is 0.0750. The average Bonchev–Trinajstić information content (AvgIpc) is 3.05. The molecule has 2 N–H and O–H groups in total. The molecule has 1 saturated heterocycles. The number of hydrogen-bond donors (Lipinski definition) is 2. The number of fused-ring (bicyclic) bond motifs is 1. The zero-order valence-corrected chi connectivity index (χ0v) is 15.7. The minimum absolute atomic E-state index is 0.0435. The van der Waals surface area contributed by atoms with Gasteiger partial charge in [-0.15, -0.1) is 0 Å². The van der Waals surface area contributed by atoms with Crippen molar-refractivity contribution in [3.05, 3.63) is 52.3 Å². The van der Waals surface area contributed by atoms with Crippen LogP contribution in [-0.4, -0.2) is 34.0 Å². The number of piperidine rings is 1. The van der Waals surface area contributed by atoms with Crippen LogP contribution in [0, 0.1) is 12.7 Å². The standard InChI is InChI=1S/C20H20ClFN4O/c1-12-9-13(20(27)25-26-7-3-2-4-8-26)5-6-14(12)19-23-17-10-15(21)16(22)11-18(17)24-19/h5-6,9-11H,2-4,7-8H2,1H3,(H,23,24)(H,25,27). The van der Waals surface area contributed by atoms with Gasteiger partial charge in [-0.05, 0) is 43.5 Å². The van der Waals surface area contributed by atoms with Crippen LogP contribution < -0.4 is 5.43 Å². The van der Waals surface area contributed by atoms with E-state index in [0.717, 1.165) is 37.1 Å². The van der Waals surface area contributed by atoms with Gasteiger partial charge in [-0.2, -0.15) is 0 Å². The molecule has 0 aliphatic carbocycles. The highest BCUT2D eigenvalue weighted by atomic mass is 35.5. The molecule has 1 aliphatic rings. The van der Waals surface area contributed by atoms with Crippen molar-refractivity contribution in [3.63, 3.8) is 0 Å². The highest BCUT2D eigenvalue weighted by molar-refractivity contribution is 6.31. The van der Waals surface area contributed by atoms with E-state index in [9.17, 15) is 9.18 Å². The highest BCUT2D eigenvalue weighted by Crippen LogP contribution is 2.27. The Balaban J connectivity index is 1.59. The quantitative estimate of drug-likeness (QED) is 0.698. The summed E-state index contributed by atoms with van der Waals surface area (Å²) in [6.07, 6.45) is 3.43. The molecule has 3 aromatic rings. The zero-order chi connectivity index (χ0) is 19.0. The number of hydrogen-bond acceptors (Lipinski definition) is 3. The summed E-state index contributed by atoms with van der Waals surface area (Å²) in [6, 6.07) is 8.32. The molecule has 2 heterocycles. The Bertz CT molecular complexity index is 972. The molecule has 2 aromatic carbocycles. The van der Waals surface area contributed by atoms with E-state index in [-0.39, 0.29) is 10.9 Å². The molecule has 0 saturated carbocycles. The van der Waals surface area contributed by atoms with E-state index in [0.29, 0.717) is 22.4 Å². The van der Waals surface area contributed by atoms with Gasteiger partial charge in [0, 0.05) is 30.3 Å². The van der Waals surface area contributed by atoms with Crippen LogP contribution in [0.5, 0.6) is 0 Å². The molecule has 1 aliphatic heterocycles. The largest absolute Gasteiger partial charge is 0.338 e. The van der Waals surface area contributed by atoms with Crippen molar-refractivity contribution < 1.29 is 9.18 Å². The van der Waals surface area contributed by atoms with E-state index < -0.39 is 5.82 Å². The van der Waals surface area contributed by atoms with Crippen molar-refractivity contribution in [2.75, 3.05) is 13.1 Å². The first-order valence-electron chi connectivity index (χ1n) is 9.03. The number of benzene rings is 2. The Hall–Kier alpha value is -2.44. The summed E-state index contributed by atoms with van der Waals surface area (Å²) in [5.41, 5.74) is 6.52. The Labute approximate surface area is 161 Å². The predicted octanol–water partition coefficient (Wildman–Crippen LogP) is 4.46. The second-order valence-corrected chi connectivity index (χ2v) is 7.29. The number of carbonyl (C=O) groups is 1. The van der Waals surface area contributed by atoms with Crippen molar-refractivity contribution in [3.8, 4) is 11.4 Å². The normalized spacial score (nSPS) is 15.2. The maximum Gasteiger partial charge on any atom is 0.265 e. The molecule has 5 nitrogen and oxygen atoms in total. The summed E-state index contributed by atoms with van der Waals surface area (Å²) in [4.78, 5) is 20.1. The van der Waals surface area contributed by atoms with Crippen molar-refractivity contribution in [1.29, 1.82) is 0 Å². The summed E-state index contributed by atoms with van der Waals surface area (Å²) in [5.74, 6) is 0.0259. The lowest BCUT2D eigenvalue weighted by atomic mass is 10.0. The van der Waals surface area contributed by atoms with Crippen LogP contribution in [0.15, 0.2) is 30.3 Å². The van der Waals surface area contributed by atoms with E-state index in [1.165, 1.54) is 18.6 Å². The molecular weight excluding hydrogens is 367 g/mol. The Morgan fingerprint density at radius 2 is 2.00 bits per heavy atom. The van der Waals surface area contributed by atoms with Crippen molar-refractivity contribution in [2.45, 2.75) is 26.2 Å². The van der Waals surface area contributed by atoms with Gasteiger partial charge in [-0.3, -0.25) is 10.2 Å². The zero-order valence-electron chi connectivity index (χ0n) is 15.0. The second kappa shape index (κ2) is 7.29. The fourth-order valence-corrected chi connectivity index (χ4v) is 3.57. The van der Waals surface area contributed by atoms with Crippen LogP contribution in [0.3, 0.4) is 0 Å². The van der Waals surface area contributed by atoms with Crippen LogP contribution in [0.1, 0.15) is 35.2 Å². The van der Waals surface area contributed by atoms with Gasteiger partial charge in [0.2, 0.25) is 0 Å². The number of halogens is 2. The summed E-state index contributed by atoms with van der Waals surface area (Å²) in [7, 11) is 0. The molecule has 4 rings (SSSR count). The first-order chi connectivity index (χ1) is 13.0. The van der Waals surface area contributed by atoms with Gasteiger partial charge in [-0.25, -0.2) is 14.4 Å². The maximum absolute atomic E-state index is 13.6.